The van der Waals surface area contributed by atoms with Crippen LogP contribution in [0.25, 0.3) is 22.6 Å². The van der Waals surface area contributed by atoms with Gasteiger partial charge in [0.1, 0.15) is 11.3 Å². The van der Waals surface area contributed by atoms with Crippen molar-refractivity contribution in [2.75, 3.05) is 13.2 Å². The molecule has 4 nitrogen and oxygen atoms in total. The number of rotatable bonds is 2. The lowest BCUT2D eigenvalue weighted by atomic mass is 10.1. The minimum Gasteiger partial charge on any atom is -0.381 e. The van der Waals surface area contributed by atoms with Crippen LogP contribution in [-0.4, -0.2) is 27.7 Å². The summed E-state index contributed by atoms with van der Waals surface area (Å²) >= 11 is 0. The summed E-state index contributed by atoms with van der Waals surface area (Å²) in [6.45, 7) is 3.73. The number of pyridine rings is 1. The zero-order valence-electron chi connectivity index (χ0n) is 12.7. The molecule has 0 radical (unpaired) electrons. The van der Waals surface area contributed by atoms with E-state index >= 15 is 0 Å². The van der Waals surface area contributed by atoms with E-state index < -0.39 is 0 Å². The molecule has 0 unspecified atom stereocenters. The van der Waals surface area contributed by atoms with Crippen molar-refractivity contribution in [1.29, 1.82) is 0 Å². The van der Waals surface area contributed by atoms with Gasteiger partial charge in [-0.15, -0.1) is 0 Å². The van der Waals surface area contributed by atoms with Crippen LogP contribution in [0.15, 0.2) is 42.6 Å². The van der Waals surface area contributed by atoms with Gasteiger partial charge in [0.15, 0.2) is 5.65 Å². The Kier molecular flexibility index (Phi) is 3.39. The molecule has 0 atom stereocenters. The van der Waals surface area contributed by atoms with Gasteiger partial charge in [0.2, 0.25) is 0 Å². The normalized spacial score (nSPS) is 16.2. The Morgan fingerprint density at radius 3 is 2.82 bits per heavy atom. The van der Waals surface area contributed by atoms with Crippen LogP contribution in [0.1, 0.15) is 24.4 Å². The van der Waals surface area contributed by atoms with Crippen LogP contribution in [0.3, 0.4) is 0 Å². The van der Waals surface area contributed by atoms with Crippen molar-refractivity contribution in [1.82, 2.24) is 14.5 Å². The van der Waals surface area contributed by atoms with Crippen molar-refractivity contribution in [2.24, 2.45) is 0 Å². The van der Waals surface area contributed by atoms with Gasteiger partial charge in [-0.1, -0.05) is 23.8 Å². The minimum absolute atomic E-state index is 0.407. The van der Waals surface area contributed by atoms with E-state index in [1.807, 2.05) is 18.3 Å². The molecular formula is C18H19N3O. The van der Waals surface area contributed by atoms with E-state index in [-0.39, 0.29) is 0 Å². The lowest BCUT2D eigenvalue weighted by Gasteiger charge is -2.25. The number of aromatic nitrogens is 3. The third-order valence-corrected chi connectivity index (χ3v) is 4.28. The Morgan fingerprint density at radius 1 is 1.14 bits per heavy atom. The smallest absolute Gasteiger partial charge is 0.160 e. The van der Waals surface area contributed by atoms with Gasteiger partial charge in [0.25, 0.3) is 0 Å². The highest BCUT2D eigenvalue weighted by Gasteiger charge is 2.23. The molecule has 3 aromatic rings. The van der Waals surface area contributed by atoms with Gasteiger partial charge in [-0.05, 0) is 38.0 Å². The zero-order chi connectivity index (χ0) is 14.9. The lowest BCUT2D eigenvalue weighted by Crippen LogP contribution is -2.20. The Morgan fingerprint density at radius 2 is 2.00 bits per heavy atom. The first-order valence-corrected chi connectivity index (χ1v) is 7.80. The van der Waals surface area contributed by atoms with Crippen molar-refractivity contribution in [3.05, 3.63) is 48.2 Å². The first-order chi connectivity index (χ1) is 10.8. The van der Waals surface area contributed by atoms with Crippen LogP contribution in [0.4, 0.5) is 0 Å². The number of nitrogens with zero attached hydrogens (tertiary/aromatic N) is 3. The van der Waals surface area contributed by atoms with Crippen LogP contribution in [0, 0.1) is 6.92 Å². The largest absolute Gasteiger partial charge is 0.381 e. The van der Waals surface area contributed by atoms with Crippen LogP contribution < -0.4 is 0 Å². The van der Waals surface area contributed by atoms with Crippen LogP contribution in [0.2, 0.25) is 0 Å². The van der Waals surface area contributed by atoms with E-state index in [1.165, 1.54) is 5.56 Å². The predicted molar refractivity (Wildman–Crippen MR) is 86.8 cm³/mol. The quantitative estimate of drug-likeness (QED) is 0.722. The zero-order valence-corrected chi connectivity index (χ0v) is 12.7. The van der Waals surface area contributed by atoms with Crippen LogP contribution >= 0.6 is 0 Å². The fraction of sp³-hybridized carbons (Fsp3) is 0.333. The second kappa shape index (κ2) is 5.54. The molecule has 4 rings (SSSR count). The van der Waals surface area contributed by atoms with Gasteiger partial charge in [-0.25, -0.2) is 9.97 Å². The summed E-state index contributed by atoms with van der Waals surface area (Å²) in [7, 11) is 0. The Labute approximate surface area is 129 Å². The van der Waals surface area contributed by atoms with Crippen molar-refractivity contribution in [3.8, 4) is 11.4 Å². The molecule has 0 N–H and O–H groups in total. The van der Waals surface area contributed by atoms with Crippen LogP contribution in [0.5, 0.6) is 0 Å². The fourth-order valence-electron chi connectivity index (χ4n) is 3.21. The molecule has 22 heavy (non-hydrogen) atoms. The first kappa shape index (κ1) is 13.5. The number of aryl methyl sites for hydroxylation is 1. The van der Waals surface area contributed by atoms with Crippen molar-refractivity contribution in [2.45, 2.75) is 25.8 Å². The molecule has 3 heterocycles. The van der Waals surface area contributed by atoms with Crippen molar-refractivity contribution < 1.29 is 4.74 Å². The summed E-state index contributed by atoms with van der Waals surface area (Å²) < 4.78 is 7.83. The van der Waals surface area contributed by atoms with E-state index in [0.29, 0.717) is 6.04 Å². The highest BCUT2D eigenvalue weighted by atomic mass is 16.5. The number of hydrogen-bond donors (Lipinski definition) is 0. The average Bonchev–Trinajstić information content (AvgIpc) is 2.95. The molecule has 0 spiro atoms. The second-order valence-corrected chi connectivity index (χ2v) is 5.86. The van der Waals surface area contributed by atoms with E-state index in [0.717, 1.165) is 48.6 Å². The molecule has 2 aromatic heterocycles. The fourth-order valence-corrected chi connectivity index (χ4v) is 3.21. The standard InChI is InChI=1S/C18H19N3O/c1-13-4-2-5-14(12-13)17-20-16-6-3-9-19-18(16)21(17)15-7-10-22-11-8-15/h2-6,9,12,15H,7-8,10-11H2,1H3. The summed E-state index contributed by atoms with van der Waals surface area (Å²) in [6.07, 6.45) is 3.88. The third kappa shape index (κ3) is 2.29. The van der Waals surface area contributed by atoms with Gasteiger partial charge in [0, 0.05) is 31.0 Å². The van der Waals surface area contributed by atoms with E-state index in [1.54, 1.807) is 0 Å². The monoisotopic (exact) mass is 293 g/mol. The number of ether oxygens (including phenoxy) is 1. The molecule has 1 aliphatic heterocycles. The second-order valence-electron chi connectivity index (χ2n) is 5.86. The molecule has 1 aliphatic rings. The van der Waals surface area contributed by atoms with E-state index in [9.17, 15) is 0 Å². The number of fused-ring (bicyclic) bond motifs is 1. The van der Waals surface area contributed by atoms with Crippen molar-refractivity contribution >= 4 is 11.2 Å². The maximum atomic E-state index is 5.52. The van der Waals surface area contributed by atoms with Gasteiger partial charge in [0.05, 0.1) is 0 Å². The summed E-state index contributed by atoms with van der Waals surface area (Å²) in [4.78, 5) is 9.44. The highest BCUT2D eigenvalue weighted by molar-refractivity contribution is 5.77. The van der Waals surface area contributed by atoms with E-state index in [2.05, 4.69) is 40.7 Å². The molecule has 0 aliphatic carbocycles. The molecule has 4 heteroatoms. The maximum absolute atomic E-state index is 5.52. The SMILES string of the molecule is Cc1cccc(-c2nc3cccnc3n2C2CCOCC2)c1. The summed E-state index contributed by atoms with van der Waals surface area (Å²) in [5.41, 5.74) is 4.34. The van der Waals surface area contributed by atoms with Crippen molar-refractivity contribution in [3.63, 3.8) is 0 Å². The van der Waals surface area contributed by atoms with Crippen LogP contribution in [-0.2, 0) is 4.74 Å². The lowest BCUT2D eigenvalue weighted by molar-refractivity contribution is 0.0708. The number of benzene rings is 1. The first-order valence-electron chi connectivity index (χ1n) is 7.80. The molecule has 112 valence electrons. The molecule has 1 aromatic carbocycles. The highest BCUT2D eigenvalue weighted by Crippen LogP contribution is 2.32. The van der Waals surface area contributed by atoms with Gasteiger partial charge in [-0.3, -0.25) is 0 Å². The molecule has 0 amide bonds. The topological polar surface area (TPSA) is 39.9 Å². The molecule has 0 saturated carbocycles. The van der Waals surface area contributed by atoms with Gasteiger partial charge in [-0.2, -0.15) is 0 Å². The summed E-state index contributed by atoms with van der Waals surface area (Å²) in [5, 5.41) is 0. The van der Waals surface area contributed by atoms with Gasteiger partial charge < -0.3 is 9.30 Å². The van der Waals surface area contributed by atoms with Gasteiger partial charge >= 0.3 is 0 Å². The maximum Gasteiger partial charge on any atom is 0.160 e. The molecule has 0 bridgehead atoms. The minimum atomic E-state index is 0.407. The Hall–Kier alpha value is -2.20. The average molecular weight is 293 g/mol. The summed E-state index contributed by atoms with van der Waals surface area (Å²) in [5.74, 6) is 1.02. The number of imidazole rings is 1. The molecule has 1 saturated heterocycles. The summed E-state index contributed by atoms with van der Waals surface area (Å²) in [6, 6.07) is 12.9. The number of hydrogen-bond acceptors (Lipinski definition) is 3. The molecular weight excluding hydrogens is 274 g/mol. The third-order valence-electron chi connectivity index (χ3n) is 4.28. The molecule has 1 fully saturated rings. The van der Waals surface area contributed by atoms with E-state index in [4.69, 9.17) is 9.72 Å². The predicted octanol–water partition coefficient (Wildman–Crippen LogP) is 3.76. The Balaban J connectivity index is 1.93. The Bertz CT molecular complexity index is 803.